The Hall–Kier alpha value is -1.99. The first-order valence-electron chi connectivity index (χ1n) is 5.24. The minimum atomic E-state index is -2.88. The summed E-state index contributed by atoms with van der Waals surface area (Å²) in [6, 6.07) is 0.684. The Morgan fingerprint density at radius 3 is 1.05 bits per heavy atom. The number of benzene rings is 2. The molecular weight excluding hydrogens is 288 g/mol. The van der Waals surface area contributed by atoms with Crippen LogP contribution in [0.2, 0.25) is 0 Å². The van der Waals surface area contributed by atoms with Crippen molar-refractivity contribution in [3.8, 4) is 0 Å². The van der Waals surface area contributed by atoms with Gasteiger partial charge in [-0.25, -0.2) is 26.3 Å². The van der Waals surface area contributed by atoms with E-state index >= 15 is 0 Å². The lowest BCUT2D eigenvalue weighted by Gasteiger charge is -2.10. The van der Waals surface area contributed by atoms with Crippen molar-refractivity contribution in [1.29, 1.82) is 0 Å². The SMILES string of the molecule is FB(c1c(F)cc(F)cc1F)c1c(F)cc(F)cc1F. The van der Waals surface area contributed by atoms with Gasteiger partial charge >= 0.3 is 6.99 Å². The van der Waals surface area contributed by atoms with E-state index in [1.807, 2.05) is 0 Å². The predicted octanol–water partition coefficient (Wildman–Crippen LogP) is 2.60. The van der Waals surface area contributed by atoms with E-state index in [1.165, 1.54) is 0 Å². The minimum absolute atomic E-state index is 0.171. The Bertz CT molecular complexity index is 567. The maximum absolute atomic E-state index is 14.0. The van der Waals surface area contributed by atoms with E-state index in [1.54, 1.807) is 0 Å². The standard InChI is InChI=1S/C12H4BF7/c14-5-1-7(16)11(8(17)2-5)13(20)12-9(18)3-6(15)4-10(12)19/h1-4H. The van der Waals surface area contributed by atoms with Crippen molar-refractivity contribution in [2.45, 2.75) is 0 Å². The molecule has 20 heavy (non-hydrogen) atoms. The van der Waals surface area contributed by atoms with Gasteiger partial charge in [-0.3, -0.25) is 0 Å². The number of hydrogen-bond donors (Lipinski definition) is 0. The highest BCUT2D eigenvalue weighted by molar-refractivity contribution is 6.79. The molecule has 0 spiro atoms. The summed E-state index contributed by atoms with van der Waals surface area (Å²) in [5.74, 6) is -9.18. The van der Waals surface area contributed by atoms with Gasteiger partial charge in [0, 0.05) is 35.2 Å². The van der Waals surface area contributed by atoms with Crippen LogP contribution in [0.1, 0.15) is 0 Å². The second-order valence-electron chi connectivity index (χ2n) is 3.93. The lowest BCUT2D eigenvalue weighted by atomic mass is 9.57. The Kier molecular flexibility index (Phi) is 3.74. The van der Waals surface area contributed by atoms with Gasteiger partial charge in [0.05, 0.1) is 0 Å². The lowest BCUT2D eigenvalue weighted by molar-refractivity contribution is 0.547. The first-order chi connectivity index (χ1) is 9.31. The minimum Gasteiger partial charge on any atom is -0.322 e. The number of hydrogen-bond acceptors (Lipinski definition) is 0. The van der Waals surface area contributed by atoms with Crippen LogP contribution in [0.4, 0.5) is 30.7 Å². The maximum Gasteiger partial charge on any atom is 0.425 e. The molecule has 0 radical (unpaired) electrons. The molecule has 0 saturated carbocycles. The highest BCUT2D eigenvalue weighted by Gasteiger charge is 2.33. The zero-order valence-electron chi connectivity index (χ0n) is 9.53. The topological polar surface area (TPSA) is 0 Å². The molecule has 0 nitrogen and oxygen atoms in total. The molecule has 0 aliphatic carbocycles. The molecule has 0 fully saturated rings. The van der Waals surface area contributed by atoms with Gasteiger partial charge in [0.2, 0.25) is 0 Å². The third kappa shape index (κ3) is 2.50. The van der Waals surface area contributed by atoms with E-state index in [2.05, 4.69) is 0 Å². The molecule has 0 aliphatic rings. The molecule has 0 unspecified atom stereocenters. The second-order valence-corrected chi connectivity index (χ2v) is 3.93. The third-order valence-corrected chi connectivity index (χ3v) is 2.59. The van der Waals surface area contributed by atoms with Crippen LogP contribution in [0.3, 0.4) is 0 Å². The molecule has 104 valence electrons. The summed E-state index contributed by atoms with van der Waals surface area (Å²) in [5, 5.41) is 0. The van der Waals surface area contributed by atoms with E-state index in [4.69, 9.17) is 0 Å². The van der Waals surface area contributed by atoms with Gasteiger partial charge in [0.25, 0.3) is 0 Å². The van der Waals surface area contributed by atoms with E-state index in [-0.39, 0.29) is 24.3 Å². The molecule has 0 aliphatic heterocycles. The predicted molar refractivity (Wildman–Crippen MR) is 58.8 cm³/mol. The van der Waals surface area contributed by atoms with Crippen molar-refractivity contribution >= 4 is 17.9 Å². The average molecular weight is 292 g/mol. The highest BCUT2D eigenvalue weighted by Crippen LogP contribution is 2.11. The first-order valence-corrected chi connectivity index (χ1v) is 5.24. The van der Waals surface area contributed by atoms with E-state index < -0.39 is 52.8 Å². The quantitative estimate of drug-likeness (QED) is 0.589. The summed E-state index contributed by atoms with van der Waals surface area (Å²) >= 11 is 0. The van der Waals surface area contributed by atoms with Crippen LogP contribution in [0.25, 0.3) is 0 Å². The van der Waals surface area contributed by atoms with E-state index in [0.29, 0.717) is 0 Å². The van der Waals surface area contributed by atoms with Crippen molar-refractivity contribution in [1.82, 2.24) is 0 Å². The summed E-state index contributed by atoms with van der Waals surface area (Å²) in [6.07, 6.45) is 0. The Morgan fingerprint density at radius 2 is 0.800 bits per heavy atom. The fourth-order valence-corrected chi connectivity index (χ4v) is 1.74. The van der Waals surface area contributed by atoms with Crippen molar-refractivity contribution < 1.29 is 30.7 Å². The molecule has 0 heterocycles. The van der Waals surface area contributed by atoms with Gasteiger partial charge in [-0.2, -0.15) is 0 Å². The summed E-state index contributed by atoms with van der Waals surface area (Å²) < 4.78 is 92.7. The van der Waals surface area contributed by atoms with Crippen molar-refractivity contribution in [2.24, 2.45) is 0 Å². The lowest BCUT2D eigenvalue weighted by Crippen LogP contribution is -2.45. The first kappa shape index (κ1) is 14.4. The fourth-order valence-electron chi connectivity index (χ4n) is 1.74. The average Bonchev–Trinajstić information content (AvgIpc) is 2.25. The summed E-state index contributed by atoms with van der Waals surface area (Å²) in [4.78, 5) is 0. The van der Waals surface area contributed by atoms with Crippen molar-refractivity contribution in [3.05, 3.63) is 59.2 Å². The number of rotatable bonds is 2. The monoisotopic (exact) mass is 292 g/mol. The zero-order chi connectivity index (χ0) is 15.0. The Balaban J connectivity index is 2.61. The molecule has 0 aromatic heterocycles. The van der Waals surface area contributed by atoms with Gasteiger partial charge in [0.1, 0.15) is 34.9 Å². The highest BCUT2D eigenvalue weighted by atomic mass is 19.2. The van der Waals surface area contributed by atoms with E-state index in [9.17, 15) is 30.7 Å². The molecule has 2 aromatic rings. The maximum atomic E-state index is 14.0. The Labute approximate surface area is 109 Å². The summed E-state index contributed by atoms with van der Waals surface area (Å²) in [5.41, 5.74) is -2.70. The zero-order valence-corrected chi connectivity index (χ0v) is 9.53. The van der Waals surface area contributed by atoms with Gasteiger partial charge in [-0.1, -0.05) is 0 Å². The summed E-state index contributed by atoms with van der Waals surface area (Å²) in [7, 11) is 0. The van der Waals surface area contributed by atoms with Gasteiger partial charge in [0.15, 0.2) is 0 Å². The molecule has 2 rings (SSSR count). The van der Waals surface area contributed by atoms with E-state index in [0.717, 1.165) is 0 Å². The molecule has 0 N–H and O–H groups in total. The van der Waals surface area contributed by atoms with Crippen LogP contribution >= 0.6 is 0 Å². The molecule has 8 heteroatoms. The molecule has 2 aromatic carbocycles. The van der Waals surface area contributed by atoms with Crippen LogP contribution in [-0.2, 0) is 0 Å². The normalized spacial score (nSPS) is 10.8. The second kappa shape index (κ2) is 5.18. The number of halogens is 7. The molecule has 0 bridgehead atoms. The Morgan fingerprint density at radius 1 is 0.550 bits per heavy atom. The van der Waals surface area contributed by atoms with Gasteiger partial charge in [-0.15, -0.1) is 0 Å². The van der Waals surface area contributed by atoms with Crippen LogP contribution in [0.5, 0.6) is 0 Å². The van der Waals surface area contributed by atoms with Crippen LogP contribution in [0.15, 0.2) is 24.3 Å². The molecule has 0 saturated heterocycles. The smallest absolute Gasteiger partial charge is 0.322 e. The molecule has 0 atom stereocenters. The third-order valence-electron chi connectivity index (χ3n) is 2.59. The van der Waals surface area contributed by atoms with Gasteiger partial charge < -0.3 is 4.32 Å². The van der Waals surface area contributed by atoms with Crippen molar-refractivity contribution in [2.75, 3.05) is 0 Å². The van der Waals surface area contributed by atoms with Crippen molar-refractivity contribution in [3.63, 3.8) is 0 Å². The van der Waals surface area contributed by atoms with Gasteiger partial charge in [-0.05, 0) is 0 Å². The van der Waals surface area contributed by atoms with Crippen LogP contribution in [-0.4, -0.2) is 6.99 Å². The van der Waals surface area contributed by atoms with Crippen LogP contribution < -0.4 is 10.9 Å². The summed E-state index contributed by atoms with van der Waals surface area (Å²) in [6.45, 7) is -2.88. The fraction of sp³-hybridized carbons (Fsp3) is 0. The molecule has 0 amide bonds. The largest absolute Gasteiger partial charge is 0.425 e. The molecular formula is C12H4BF7. The van der Waals surface area contributed by atoms with Crippen LogP contribution in [0, 0.1) is 34.9 Å².